The minimum Gasteiger partial charge on any atom is -0.479 e. The number of rotatable bonds is 4. The van der Waals surface area contributed by atoms with Gasteiger partial charge in [0.1, 0.15) is 20.9 Å². The summed E-state index contributed by atoms with van der Waals surface area (Å²) in [5.41, 5.74) is 3.87. The zero-order chi connectivity index (χ0) is 19.0. The van der Waals surface area contributed by atoms with Crippen molar-refractivity contribution in [1.29, 1.82) is 0 Å². The number of fused-ring (bicyclic) bond motifs is 1. The second-order valence-electron chi connectivity index (χ2n) is 6.00. The summed E-state index contributed by atoms with van der Waals surface area (Å²) in [5.74, 6) is 0.0206. The Morgan fingerprint density at radius 2 is 2.11 bits per heavy atom. The van der Waals surface area contributed by atoms with Gasteiger partial charge >= 0.3 is 0 Å². The molecular formula is C19H17N5O2S. The Kier molecular flexibility index (Phi) is 4.33. The zero-order valence-electron chi connectivity index (χ0n) is 15.1. The van der Waals surface area contributed by atoms with Gasteiger partial charge in [-0.25, -0.2) is 9.97 Å². The molecule has 4 aromatic rings. The number of pyridine rings is 1. The number of methoxy groups -OCH3 is 1. The minimum absolute atomic E-state index is 0.272. The number of nitrogens with one attached hydrogen (secondary N) is 1. The van der Waals surface area contributed by atoms with Crippen molar-refractivity contribution >= 4 is 33.3 Å². The van der Waals surface area contributed by atoms with E-state index < -0.39 is 0 Å². The van der Waals surface area contributed by atoms with Gasteiger partial charge < -0.3 is 10.1 Å². The lowest BCUT2D eigenvalue weighted by molar-refractivity contribution is 0.102. The molecule has 0 fully saturated rings. The Labute approximate surface area is 159 Å². The van der Waals surface area contributed by atoms with Crippen LogP contribution in [0.4, 0.5) is 5.69 Å². The molecule has 3 heterocycles. The van der Waals surface area contributed by atoms with Gasteiger partial charge in [-0.2, -0.15) is 0 Å². The summed E-state index contributed by atoms with van der Waals surface area (Å²) in [6.45, 7) is 1.96. The average Bonchev–Trinajstić information content (AvgIpc) is 3.26. The maximum absolute atomic E-state index is 12.7. The van der Waals surface area contributed by atoms with Crippen molar-refractivity contribution in [3.63, 3.8) is 0 Å². The highest BCUT2D eigenvalue weighted by Crippen LogP contribution is 2.34. The Morgan fingerprint density at radius 3 is 2.89 bits per heavy atom. The van der Waals surface area contributed by atoms with Crippen LogP contribution in [0.25, 0.3) is 20.9 Å². The molecule has 3 aromatic heterocycles. The van der Waals surface area contributed by atoms with E-state index in [0.717, 1.165) is 32.2 Å². The van der Waals surface area contributed by atoms with Crippen LogP contribution in [0.1, 0.15) is 15.9 Å². The highest BCUT2D eigenvalue weighted by Gasteiger charge is 2.18. The van der Waals surface area contributed by atoms with Crippen molar-refractivity contribution in [2.45, 2.75) is 6.92 Å². The first kappa shape index (κ1) is 17.2. The number of anilines is 1. The molecule has 0 saturated heterocycles. The van der Waals surface area contributed by atoms with Gasteiger partial charge in [0.15, 0.2) is 0 Å². The largest absolute Gasteiger partial charge is 0.479 e. The van der Waals surface area contributed by atoms with E-state index in [1.807, 2.05) is 37.3 Å². The maximum Gasteiger partial charge on any atom is 0.262 e. The summed E-state index contributed by atoms with van der Waals surface area (Å²) in [7, 11) is 3.23. The first-order valence-electron chi connectivity index (χ1n) is 8.27. The smallest absolute Gasteiger partial charge is 0.262 e. The van der Waals surface area contributed by atoms with E-state index in [9.17, 15) is 4.79 Å². The van der Waals surface area contributed by atoms with Gasteiger partial charge in [0.2, 0.25) is 5.88 Å². The van der Waals surface area contributed by atoms with E-state index in [1.54, 1.807) is 24.1 Å². The number of thiazole rings is 1. The fourth-order valence-electron chi connectivity index (χ4n) is 2.85. The van der Waals surface area contributed by atoms with Gasteiger partial charge in [-0.3, -0.25) is 9.48 Å². The van der Waals surface area contributed by atoms with Crippen molar-refractivity contribution in [2.75, 3.05) is 12.4 Å². The molecule has 1 aromatic carbocycles. The van der Waals surface area contributed by atoms with E-state index in [1.165, 1.54) is 18.4 Å². The molecule has 0 radical (unpaired) electrons. The van der Waals surface area contributed by atoms with Gasteiger partial charge in [0.05, 0.1) is 7.11 Å². The summed E-state index contributed by atoms with van der Waals surface area (Å²) in [6, 6.07) is 9.57. The van der Waals surface area contributed by atoms with Crippen LogP contribution < -0.4 is 10.1 Å². The number of aromatic nitrogens is 4. The maximum atomic E-state index is 12.7. The molecule has 27 heavy (non-hydrogen) atoms. The quantitative estimate of drug-likeness (QED) is 0.585. The van der Waals surface area contributed by atoms with Crippen LogP contribution in [0.15, 0.2) is 42.7 Å². The standard InChI is InChI=1S/C19H17N5O2S/c1-11-12(18-22-15-8-5-9-20-19(15)27-18)6-4-7-14(11)21-16(25)13-10-24(2)23-17(13)26-3/h4-10H,1-3H3,(H,21,25). The molecule has 0 bridgehead atoms. The molecule has 7 nitrogen and oxygen atoms in total. The van der Waals surface area contributed by atoms with Crippen molar-refractivity contribution in [3.05, 3.63) is 53.9 Å². The lowest BCUT2D eigenvalue weighted by atomic mass is 10.1. The zero-order valence-corrected chi connectivity index (χ0v) is 15.9. The highest BCUT2D eigenvalue weighted by atomic mass is 32.1. The summed E-state index contributed by atoms with van der Waals surface area (Å²) < 4.78 is 6.72. The van der Waals surface area contributed by atoms with E-state index >= 15 is 0 Å². The molecule has 0 atom stereocenters. The first-order valence-corrected chi connectivity index (χ1v) is 9.09. The molecule has 0 unspecified atom stereocenters. The topological polar surface area (TPSA) is 81.9 Å². The lowest BCUT2D eigenvalue weighted by Crippen LogP contribution is -2.13. The summed E-state index contributed by atoms with van der Waals surface area (Å²) in [6.07, 6.45) is 3.39. The monoisotopic (exact) mass is 379 g/mol. The molecule has 0 aliphatic heterocycles. The van der Waals surface area contributed by atoms with Gasteiger partial charge in [-0.05, 0) is 30.7 Å². The predicted octanol–water partition coefficient (Wildman–Crippen LogP) is 3.66. The van der Waals surface area contributed by atoms with Crippen LogP contribution in [-0.4, -0.2) is 32.8 Å². The lowest BCUT2D eigenvalue weighted by Gasteiger charge is -2.11. The third-order valence-corrected chi connectivity index (χ3v) is 5.22. The third kappa shape index (κ3) is 3.15. The first-order chi connectivity index (χ1) is 13.1. The number of hydrogen-bond donors (Lipinski definition) is 1. The number of carbonyl (C=O) groups is 1. The molecule has 0 aliphatic carbocycles. The van der Waals surface area contributed by atoms with E-state index in [-0.39, 0.29) is 5.91 Å². The van der Waals surface area contributed by atoms with Gasteiger partial charge in [-0.1, -0.05) is 23.5 Å². The van der Waals surface area contributed by atoms with E-state index in [4.69, 9.17) is 4.74 Å². The molecule has 0 saturated carbocycles. The van der Waals surface area contributed by atoms with Gasteiger partial charge in [0, 0.05) is 30.7 Å². The van der Waals surface area contributed by atoms with E-state index in [2.05, 4.69) is 20.4 Å². The van der Waals surface area contributed by atoms with Crippen molar-refractivity contribution in [3.8, 4) is 16.5 Å². The van der Waals surface area contributed by atoms with Crippen molar-refractivity contribution < 1.29 is 9.53 Å². The second kappa shape index (κ2) is 6.81. The summed E-state index contributed by atoms with van der Waals surface area (Å²) in [5, 5.41) is 7.94. The molecule has 8 heteroatoms. The minimum atomic E-state index is -0.272. The van der Waals surface area contributed by atoms with Crippen LogP contribution in [0.2, 0.25) is 0 Å². The van der Waals surface area contributed by atoms with Gasteiger partial charge in [0.25, 0.3) is 5.91 Å². The summed E-state index contributed by atoms with van der Waals surface area (Å²) >= 11 is 1.53. The van der Waals surface area contributed by atoms with Crippen molar-refractivity contribution in [2.24, 2.45) is 7.05 Å². The molecule has 0 spiro atoms. The molecular weight excluding hydrogens is 362 g/mol. The molecule has 0 aliphatic rings. The Hall–Kier alpha value is -3.26. The number of benzene rings is 1. The molecule has 1 amide bonds. The number of carbonyl (C=O) groups excluding carboxylic acids is 1. The molecule has 1 N–H and O–H groups in total. The third-order valence-electron chi connectivity index (χ3n) is 4.21. The average molecular weight is 379 g/mol. The number of ether oxygens (including phenoxy) is 1. The Balaban J connectivity index is 1.68. The predicted molar refractivity (Wildman–Crippen MR) is 105 cm³/mol. The van der Waals surface area contributed by atoms with Crippen LogP contribution >= 0.6 is 11.3 Å². The van der Waals surface area contributed by atoms with E-state index in [0.29, 0.717) is 11.4 Å². The SMILES string of the molecule is COc1nn(C)cc1C(=O)Nc1cccc(-c2nc3cccnc3s2)c1C. The highest BCUT2D eigenvalue weighted by molar-refractivity contribution is 7.21. The van der Waals surface area contributed by atoms with Crippen LogP contribution in [0.5, 0.6) is 5.88 Å². The van der Waals surface area contributed by atoms with Crippen molar-refractivity contribution in [1.82, 2.24) is 19.7 Å². The van der Waals surface area contributed by atoms with Gasteiger partial charge in [-0.15, -0.1) is 5.10 Å². The normalized spacial score (nSPS) is 10.9. The Bertz CT molecular complexity index is 1120. The number of hydrogen-bond acceptors (Lipinski definition) is 6. The number of nitrogens with zero attached hydrogens (tertiary/aromatic N) is 4. The Morgan fingerprint density at radius 1 is 1.26 bits per heavy atom. The van der Waals surface area contributed by atoms with Crippen LogP contribution in [0, 0.1) is 6.92 Å². The number of aryl methyl sites for hydroxylation is 1. The van der Waals surface area contributed by atoms with Crippen LogP contribution in [0.3, 0.4) is 0 Å². The number of amides is 1. The fourth-order valence-corrected chi connectivity index (χ4v) is 3.84. The second-order valence-corrected chi connectivity index (χ2v) is 6.98. The summed E-state index contributed by atoms with van der Waals surface area (Å²) in [4.78, 5) is 22.6. The fraction of sp³-hybridized carbons (Fsp3) is 0.158. The van der Waals surface area contributed by atoms with Crippen LogP contribution in [-0.2, 0) is 7.05 Å². The molecule has 136 valence electrons. The molecule has 4 rings (SSSR count).